The number of hydrogen-bond donors (Lipinski definition) is 1. The fraction of sp³-hybridized carbons (Fsp3) is 0.385. The van der Waals surface area contributed by atoms with Gasteiger partial charge in [-0.1, -0.05) is 5.16 Å². The standard InChI is InChI=1S/C13H15N3O2S2/c1-17-10-3-2-8(6-9(10)14)13-15-12(16-18-13)11-7-19-4-5-20-11/h2-3,6,11H,4-5,7,14H2,1H3. The molecule has 1 aromatic carbocycles. The van der Waals surface area contributed by atoms with Crippen LogP contribution >= 0.6 is 23.5 Å². The Morgan fingerprint density at radius 2 is 2.30 bits per heavy atom. The number of ether oxygens (including phenoxy) is 1. The fourth-order valence-electron chi connectivity index (χ4n) is 1.99. The van der Waals surface area contributed by atoms with Crippen molar-refractivity contribution in [2.24, 2.45) is 0 Å². The SMILES string of the molecule is COc1ccc(-c2nc(C3CSCCS3)no2)cc1N. The molecule has 20 heavy (non-hydrogen) atoms. The maximum absolute atomic E-state index is 5.90. The van der Waals surface area contributed by atoms with Gasteiger partial charge in [-0.25, -0.2) is 0 Å². The highest BCUT2D eigenvalue weighted by Crippen LogP contribution is 2.36. The molecule has 5 nitrogen and oxygen atoms in total. The molecule has 1 fully saturated rings. The smallest absolute Gasteiger partial charge is 0.258 e. The second kappa shape index (κ2) is 5.97. The largest absolute Gasteiger partial charge is 0.495 e. The molecular weight excluding hydrogens is 294 g/mol. The molecule has 1 aliphatic rings. The van der Waals surface area contributed by atoms with Gasteiger partial charge in [0, 0.05) is 22.8 Å². The fourth-order valence-corrected chi connectivity index (χ4v) is 4.58. The molecule has 0 aliphatic carbocycles. The van der Waals surface area contributed by atoms with Crippen LogP contribution in [0, 0.1) is 0 Å². The Labute approximate surface area is 125 Å². The van der Waals surface area contributed by atoms with Crippen molar-refractivity contribution in [2.75, 3.05) is 30.1 Å². The number of hydrogen-bond acceptors (Lipinski definition) is 7. The van der Waals surface area contributed by atoms with Crippen LogP contribution in [0.3, 0.4) is 0 Å². The van der Waals surface area contributed by atoms with Crippen LogP contribution in [0.25, 0.3) is 11.5 Å². The third-order valence-corrected chi connectivity index (χ3v) is 5.77. The number of nitrogens with two attached hydrogens (primary N) is 1. The zero-order valence-corrected chi connectivity index (χ0v) is 12.7. The molecule has 3 rings (SSSR count). The van der Waals surface area contributed by atoms with Crippen molar-refractivity contribution in [2.45, 2.75) is 5.25 Å². The summed E-state index contributed by atoms with van der Waals surface area (Å²) in [6.45, 7) is 0. The van der Waals surface area contributed by atoms with E-state index in [1.807, 2.05) is 29.6 Å². The lowest BCUT2D eigenvalue weighted by Gasteiger charge is -2.16. The molecule has 7 heteroatoms. The van der Waals surface area contributed by atoms with Crippen LogP contribution in [0.2, 0.25) is 0 Å². The van der Waals surface area contributed by atoms with Gasteiger partial charge < -0.3 is 15.0 Å². The minimum Gasteiger partial charge on any atom is -0.495 e. The van der Waals surface area contributed by atoms with Gasteiger partial charge in [0.1, 0.15) is 5.75 Å². The number of methoxy groups -OCH3 is 1. The van der Waals surface area contributed by atoms with Crippen LogP contribution in [0.4, 0.5) is 5.69 Å². The number of nitrogen functional groups attached to an aromatic ring is 1. The topological polar surface area (TPSA) is 74.2 Å². The van der Waals surface area contributed by atoms with Crippen molar-refractivity contribution in [3.63, 3.8) is 0 Å². The first-order chi connectivity index (χ1) is 9.78. The minimum atomic E-state index is 0.321. The van der Waals surface area contributed by atoms with E-state index in [0.717, 1.165) is 22.9 Å². The molecule has 1 saturated heterocycles. The van der Waals surface area contributed by atoms with Gasteiger partial charge in [-0.2, -0.15) is 16.7 Å². The summed E-state index contributed by atoms with van der Waals surface area (Å²) < 4.78 is 10.5. The first kappa shape index (κ1) is 13.6. The lowest BCUT2D eigenvalue weighted by atomic mass is 10.2. The van der Waals surface area contributed by atoms with E-state index in [9.17, 15) is 0 Å². The van der Waals surface area contributed by atoms with E-state index < -0.39 is 0 Å². The summed E-state index contributed by atoms with van der Waals surface area (Å²) >= 11 is 3.81. The number of benzene rings is 1. The summed E-state index contributed by atoms with van der Waals surface area (Å²) in [5.74, 6) is 5.29. The number of nitrogens with zero attached hydrogens (tertiary/aromatic N) is 2. The minimum absolute atomic E-state index is 0.321. The molecule has 2 heterocycles. The summed E-state index contributed by atoms with van der Waals surface area (Å²) in [5, 5.41) is 4.42. The lowest BCUT2D eigenvalue weighted by Crippen LogP contribution is -2.07. The normalized spacial score (nSPS) is 18.9. The summed E-state index contributed by atoms with van der Waals surface area (Å²) in [5.41, 5.74) is 7.27. The Morgan fingerprint density at radius 3 is 3.00 bits per heavy atom. The Kier molecular flexibility index (Phi) is 4.07. The first-order valence-electron chi connectivity index (χ1n) is 6.25. The summed E-state index contributed by atoms with van der Waals surface area (Å²) in [6.07, 6.45) is 0. The highest BCUT2D eigenvalue weighted by atomic mass is 32.2. The second-order valence-electron chi connectivity index (χ2n) is 4.35. The Hall–Kier alpha value is -1.34. The van der Waals surface area contributed by atoms with Gasteiger partial charge in [0.05, 0.1) is 18.0 Å². The molecule has 0 bridgehead atoms. The third kappa shape index (κ3) is 2.73. The number of anilines is 1. The molecule has 1 aromatic heterocycles. The number of thioether (sulfide) groups is 2. The van der Waals surface area contributed by atoms with Crippen LogP contribution in [0.5, 0.6) is 5.75 Å². The molecule has 1 unspecified atom stereocenters. The van der Waals surface area contributed by atoms with Crippen LogP contribution < -0.4 is 10.5 Å². The zero-order valence-electron chi connectivity index (χ0n) is 11.0. The van der Waals surface area contributed by atoms with E-state index in [4.69, 9.17) is 15.0 Å². The number of aromatic nitrogens is 2. The van der Waals surface area contributed by atoms with Crippen molar-refractivity contribution in [1.82, 2.24) is 10.1 Å². The van der Waals surface area contributed by atoms with Gasteiger partial charge in [0.15, 0.2) is 5.82 Å². The van der Waals surface area contributed by atoms with E-state index >= 15 is 0 Å². The average molecular weight is 309 g/mol. The predicted molar refractivity (Wildman–Crippen MR) is 83.2 cm³/mol. The molecule has 1 aliphatic heterocycles. The average Bonchev–Trinajstić information content (AvgIpc) is 2.98. The lowest BCUT2D eigenvalue weighted by molar-refractivity contribution is 0.416. The van der Waals surface area contributed by atoms with Gasteiger partial charge in [-0.05, 0) is 18.2 Å². The molecule has 0 amide bonds. The highest BCUT2D eigenvalue weighted by Gasteiger charge is 2.22. The van der Waals surface area contributed by atoms with Gasteiger partial charge in [0.25, 0.3) is 5.89 Å². The molecule has 2 aromatic rings. The van der Waals surface area contributed by atoms with Crippen LogP contribution in [0.15, 0.2) is 22.7 Å². The summed E-state index contributed by atoms with van der Waals surface area (Å²) in [6, 6.07) is 5.47. The third-order valence-electron chi connectivity index (χ3n) is 3.02. The van der Waals surface area contributed by atoms with E-state index in [1.54, 1.807) is 19.2 Å². The Bertz CT molecular complexity index is 597. The van der Waals surface area contributed by atoms with E-state index in [-0.39, 0.29) is 0 Å². The summed E-state index contributed by atoms with van der Waals surface area (Å²) in [4.78, 5) is 4.49. The van der Waals surface area contributed by atoms with Crippen molar-refractivity contribution in [1.29, 1.82) is 0 Å². The molecule has 0 radical (unpaired) electrons. The maximum atomic E-state index is 5.90. The van der Waals surface area contributed by atoms with Crippen molar-refractivity contribution in [3.8, 4) is 17.2 Å². The van der Waals surface area contributed by atoms with Crippen molar-refractivity contribution < 1.29 is 9.26 Å². The van der Waals surface area contributed by atoms with E-state index in [1.165, 1.54) is 5.75 Å². The van der Waals surface area contributed by atoms with Crippen molar-refractivity contribution in [3.05, 3.63) is 24.0 Å². The first-order valence-corrected chi connectivity index (χ1v) is 8.45. The predicted octanol–water partition coefficient (Wildman–Crippen LogP) is 2.85. The number of rotatable bonds is 3. The molecule has 1 atom stereocenters. The van der Waals surface area contributed by atoms with Crippen LogP contribution in [0.1, 0.15) is 11.1 Å². The molecule has 0 saturated carbocycles. The van der Waals surface area contributed by atoms with Crippen LogP contribution in [-0.2, 0) is 0 Å². The second-order valence-corrected chi connectivity index (χ2v) is 6.81. The summed E-state index contributed by atoms with van der Waals surface area (Å²) in [7, 11) is 1.59. The van der Waals surface area contributed by atoms with Gasteiger partial charge >= 0.3 is 0 Å². The monoisotopic (exact) mass is 309 g/mol. The van der Waals surface area contributed by atoms with E-state index in [0.29, 0.717) is 22.6 Å². The highest BCUT2D eigenvalue weighted by molar-refractivity contribution is 8.06. The molecule has 0 spiro atoms. The molecule has 2 N–H and O–H groups in total. The molecular formula is C13H15N3O2S2. The maximum Gasteiger partial charge on any atom is 0.258 e. The quantitative estimate of drug-likeness (QED) is 0.874. The van der Waals surface area contributed by atoms with Gasteiger partial charge in [0.2, 0.25) is 0 Å². The molecule has 106 valence electrons. The van der Waals surface area contributed by atoms with Crippen LogP contribution in [-0.4, -0.2) is 34.5 Å². The van der Waals surface area contributed by atoms with E-state index in [2.05, 4.69) is 10.1 Å². The Morgan fingerprint density at radius 1 is 1.40 bits per heavy atom. The zero-order chi connectivity index (χ0) is 13.9. The van der Waals surface area contributed by atoms with Gasteiger partial charge in [-0.3, -0.25) is 0 Å². The Balaban J connectivity index is 1.84. The van der Waals surface area contributed by atoms with Gasteiger partial charge in [-0.15, -0.1) is 11.8 Å². The van der Waals surface area contributed by atoms with Crippen molar-refractivity contribution >= 4 is 29.2 Å².